The van der Waals surface area contributed by atoms with Crippen LogP contribution in [0.1, 0.15) is 20.1 Å². The van der Waals surface area contributed by atoms with Crippen LogP contribution in [0, 0.1) is 6.92 Å². The average Bonchev–Trinajstić information content (AvgIpc) is 2.69. The van der Waals surface area contributed by atoms with Crippen molar-refractivity contribution in [1.82, 2.24) is 0 Å². The summed E-state index contributed by atoms with van der Waals surface area (Å²) in [4.78, 5) is 13.7. The Balaban J connectivity index is 2.38. The van der Waals surface area contributed by atoms with Crippen molar-refractivity contribution in [2.24, 2.45) is 0 Å². The van der Waals surface area contributed by atoms with Gasteiger partial charge in [-0.25, -0.2) is 0 Å². The minimum atomic E-state index is -2.95. The van der Waals surface area contributed by atoms with Crippen molar-refractivity contribution < 1.29 is 18.3 Å². The third kappa shape index (κ3) is 3.19. The number of para-hydroxylation sites is 1. The molecule has 0 aliphatic rings. The van der Waals surface area contributed by atoms with E-state index in [1.165, 1.54) is 23.5 Å². The molecule has 0 bridgehead atoms. The molecule has 1 aromatic carbocycles. The maximum atomic E-state index is 12.3. The number of aryl methyl sites for hydroxylation is 1. The first-order chi connectivity index (χ1) is 8.99. The fourth-order valence-corrected chi connectivity index (χ4v) is 3.05. The van der Waals surface area contributed by atoms with E-state index in [4.69, 9.17) is 0 Å². The van der Waals surface area contributed by atoms with Crippen LogP contribution in [0.2, 0.25) is 0 Å². The molecular formula is C13H9BrF2O2S. The smallest absolute Gasteiger partial charge is 0.387 e. The summed E-state index contributed by atoms with van der Waals surface area (Å²) in [6.07, 6.45) is 0. The van der Waals surface area contributed by atoms with Crippen LogP contribution in [0.25, 0.3) is 0 Å². The van der Waals surface area contributed by atoms with E-state index in [1.807, 2.05) is 6.92 Å². The van der Waals surface area contributed by atoms with E-state index < -0.39 is 6.61 Å². The van der Waals surface area contributed by atoms with Crippen molar-refractivity contribution >= 4 is 33.0 Å². The minimum absolute atomic E-state index is 0.107. The molecule has 0 saturated carbocycles. The van der Waals surface area contributed by atoms with Crippen LogP contribution in [0.15, 0.2) is 34.8 Å². The first kappa shape index (κ1) is 14.1. The van der Waals surface area contributed by atoms with Crippen LogP contribution in [-0.4, -0.2) is 12.4 Å². The van der Waals surface area contributed by atoms with E-state index in [-0.39, 0.29) is 17.1 Å². The highest BCUT2D eigenvalue weighted by atomic mass is 79.9. The number of thiophene rings is 1. The molecule has 2 rings (SSSR count). The van der Waals surface area contributed by atoms with Crippen molar-refractivity contribution in [3.05, 3.63) is 50.1 Å². The summed E-state index contributed by atoms with van der Waals surface area (Å²) >= 11 is 4.63. The fraction of sp³-hybridized carbons (Fsp3) is 0.154. The zero-order chi connectivity index (χ0) is 14.0. The average molecular weight is 347 g/mol. The number of benzene rings is 1. The molecule has 6 heteroatoms. The number of halogens is 3. The lowest BCUT2D eigenvalue weighted by Gasteiger charge is -2.08. The molecule has 0 spiro atoms. The van der Waals surface area contributed by atoms with Gasteiger partial charge in [-0.05, 0) is 41.1 Å². The van der Waals surface area contributed by atoms with Crippen molar-refractivity contribution in [3.63, 3.8) is 0 Å². The second-order valence-corrected chi connectivity index (χ2v) is 5.83. The molecule has 0 atom stereocenters. The SMILES string of the molecule is Cc1sc(C(=O)c2ccccc2OC(F)F)cc1Br. The lowest BCUT2D eigenvalue weighted by atomic mass is 10.1. The summed E-state index contributed by atoms with van der Waals surface area (Å²) in [6, 6.07) is 7.67. The van der Waals surface area contributed by atoms with Crippen molar-refractivity contribution in [1.29, 1.82) is 0 Å². The second-order valence-electron chi connectivity index (χ2n) is 3.72. The molecule has 0 N–H and O–H groups in total. The first-order valence-electron chi connectivity index (χ1n) is 5.33. The van der Waals surface area contributed by atoms with E-state index in [1.54, 1.807) is 18.2 Å². The molecule has 0 aliphatic heterocycles. The van der Waals surface area contributed by atoms with Gasteiger partial charge in [0.05, 0.1) is 10.4 Å². The highest BCUT2D eigenvalue weighted by Crippen LogP contribution is 2.30. The zero-order valence-electron chi connectivity index (χ0n) is 9.82. The zero-order valence-corrected chi connectivity index (χ0v) is 12.2. The molecule has 19 heavy (non-hydrogen) atoms. The van der Waals surface area contributed by atoms with Gasteiger partial charge >= 0.3 is 6.61 Å². The van der Waals surface area contributed by atoms with Gasteiger partial charge < -0.3 is 4.74 Å². The molecular weight excluding hydrogens is 338 g/mol. The molecule has 0 fully saturated rings. The molecule has 1 aromatic heterocycles. The Kier molecular flexibility index (Phi) is 4.31. The summed E-state index contributed by atoms with van der Waals surface area (Å²) in [6.45, 7) is -1.08. The van der Waals surface area contributed by atoms with Gasteiger partial charge in [0.25, 0.3) is 0 Å². The van der Waals surface area contributed by atoms with Crippen LogP contribution in [-0.2, 0) is 0 Å². The van der Waals surface area contributed by atoms with Crippen molar-refractivity contribution in [2.45, 2.75) is 13.5 Å². The highest BCUT2D eigenvalue weighted by molar-refractivity contribution is 9.10. The standard InChI is InChI=1S/C13H9BrF2O2S/c1-7-9(14)6-11(19-7)12(17)8-4-2-3-5-10(8)18-13(15)16/h2-6,13H,1H3. The molecule has 2 aromatic rings. The number of rotatable bonds is 4. The quantitative estimate of drug-likeness (QED) is 0.753. The monoisotopic (exact) mass is 346 g/mol. The molecule has 0 amide bonds. The van der Waals surface area contributed by atoms with E-state index >= 15 is 0 Å². The summed E-state index contributed by atoms with van der Waals surface area (Å²) in [7, 11) is 0. The lowest BCUT2D eigenvalue weighted by molar-refractivity contribution is -0.0501. The second kappa shape index (κ2) is 5.79. The minimum Gasteiger partial charge on any atom is -0.434 e. The number of carbonyl (C=O) groups excluding carboxylic acids is 1. The topological polar surface area (TPSA) is 26.3 Å². The predicted octanol–water partition coefficient (Wildman–Crippen LogP) is 4.65. The number of alkyl halides is 2. The Labute approximate surface area is 121 Å². The summed E-state index contributed by atoms with van der Waals surface area (Å²) < 4.78 is 29.8. The highest BCUT2D eigenvalue weighted by Gasteiger charge is 2.19. The molecule has 100 valence electrons. The largest absolute Gasteiger partial charge is 0.434 e. The number of ketones is 1. The van der Waals surface area contributed by atoms with Gasteiger partial charge in [0.1, 0.15) is 5.75 Å². The van der Waals surface area contributed by atoms with Gasteiger partial charge in [0.2, 0.25) is 5.78 Å². The number of ether oxygens (including phenoxy) is 1. The third-order valence-corrected chi connectivity index (χ3v) is 4.56. The normalized spacial score (nSPS) is 10.8. The number of hydrogen-bond donors (Lipinski definition) is 0. The summed E-state index contributed by atoms with van der Waals surface area (Å²) in [5.74, 6) is -0.431. The maximum absolute atomic E-state index is 12.3. The first-order valence-corrected chi connectivity index (χ1v) is 6.94. The molecule has 0 unspecified atom stereocenters. The van der Waals surface area contributed by atoms with E-state index in [9.17, 15) is 13.6 Å². The van der Waals surface area contributed by atoms with E-state index in [0.717, 1.165) is 9.35 Å². The Bertz CT molecular complexity index is 591. The summed E-state index contributed by atoms with van der Waals surface area (Å²) in [5.41, 5.74) is 0.136. The maximum Gasteiger partial charge on any atom is 0.387 e. The van der Waals surface area contributed by atoms with Crippen LogP contribution in [0.5, 0.6) is 5.75 Å². The van der Waals surface area contributed by atoms with Crippen LogP contribution in [0.4, 0.5) is 8.78 Å². The Morgan fingerprint density at radius 2 is 2.05 bits per heavy atom. The number of hydrogen-bond acceptors (Lipinski definition) is 3. The van der Waals surface area contributed by atoms with Crippen molar-refractivity contribution in [2.75, 3.05) is 0 Å². The molecule has 1 heterocycles. The fourth-order valence-electron chi connectivity index (χ4n) is 1.56. The van der Waals surface area contributed by atoms with Gasteiger partial charge in [0.15, 0.2) is 0 Å². The van der Waals surface area contributed by atoms with E-state index in [2.05, 4.69) is 20.7 Å². The molecule has 0 radical (unpaired) electrons. The Morgan fingerprint density at radius 1 is 1.37 bits per heavy atom. The van der Waals surface area contributed by atoms with Crippen LogP contribution in [0.3, 0.4) is 0 Å². The molecule has 0 saturated heterocycles. The van der Waals surface area contributed by atoms with Gasteiger partial charge in [-0.3, -0.25) is 4.79 Å². The lowest BCUT2D eigenvalue weighted by Crippen LogP contribution is -2.08. The Morgan fingerprint density at radius 3 is 2.63 bits per heavy atom. The van der Waals surface area contributed by atoms with Gasteiger partial charge in [0, 0.05) is 9.35 Å². The predicted molar refractivity (Wildman–Crippen MR) is 73.3 cm³/mol. The summed E-state index contributed by atoms with van der Waals surface area (Å²) in [5, 5.41) is 0. The van der Waals surface area contributed by atoms with Gasteiger partial charge in [-0.15, -0.1) is 11.3 Å². The van der Waals surface area contributed by atoms with Crippen LogP contribution >= 0.6 is 27.3 Å². The van der Waals surface area contributed by atoms with Crippen LogP contribution < -0.4 is 4.74 Å². The third-order valence-electron chi connectivity index (χ3n) is 2.43. The van der Waals surface area contributed by atoms with E-state index in [0.29, 0.717) is 4.88 Å². The Hall–Kier alpha value is -1.27. The molecule has 2 nitrogen and oxygen atoms in total. The van der Waals surface area contributed by atoms with Crippen molar-refractivity contribution in [3.8, 4) is 5.75 Å². The molecule has 0 aliphatic carbocycles. The number of carbonyl (C=O) groups is 1. The van der Waals surface area contributed by atoms with Gasteiger partial charge in [-0.1, -0.05) is 12.1 Å². The van der Waals surface area contributed by atoms with Gasteiger partial charge in [-0.2, -0.15) is 8.78 Å².